The molecule has 0 amide bonds. The maximum atomic E-state index is 15.6. The lowest BCUT2D eigenvalue weighted by atomic mass is 9.93. The quantitative estimate of drug-likeness (QED) is 0.158. The van der Waals surface area contributed by atoms with Crippen LogP contribution in [0.4, 0.5) is 32.2 Å². The van der Waals surface area contributed by atoms with Gasteiger partial charge in [0, 0.05) is 49.5 Å². The van der Waals surface area contributed by atoms with E-state index in [9.17, 15) is 9.50 Å². The van der Waals surface area contributed by atoms with Gasteiger partial charge in [0.2, 0.25) is 0 Å². The highest BCUT2D eigenvalue weighted by Crippen LogP contribution is 2.48. The van der Waals surface area contributed by atoms with Gasteiger partial charge in [-0.15, -0.1) is 0 Å². The molecular formula is C40H43F6N9O4. The van der Waals surface area contributed by atoms with E-state index in [2.05, 4.69) is 15.1 Å². The van der Waals surface area contributed by atoms with E-state index in [0.717, 1.165) is 38.3 Å². The smallest absolute Gasteiger partial charge is 0.333 e. The van der Waals surface area contributed by atoms with Crippen LogP contribution in [0.3, 0.4) is 0 Å². The van der Waals surface area contributed by atoms with E-state index >= 15 is 22.0 Å². The number of nitrogens with zero attached hydrogens (tertiary/aromatic N) is 9. The van der Waals surface area contributed by atoms with Crippen LogP contribution in [0.2, 0.25) is 0 Å². The van der Waals surface area contributed by atoms with Crippen molar-refractivity contribution in [3.63, 3.8) is 0 Å². The Bertz CT molecular complexity index is 2610. The van der Waals surface area contributed by atoms with Crippen LogP contribution in [0.1, 0.15) is 70.2 Å². The number of β-amino-alcohol motifs (C(OH)–C–C–N with tert-alkyl or cyclic N) is 1. The molecule has 19 heteroatoms. The standard InChI is InChI=1S/C40H43F6N9O4/c1-39(56)18-52(11-13-57-19-39)36-30-32-33(51(2)35(30)48-38(49-36)59-20-40-9-5-10-53(40)17-22(41)15-40)31(50-55(32)37(45)46)28-23-16-47-54(26-6-3-4-12-58-26)25(23)14-21-7-8-24(42)29(27(21)28)34(43)44/h7-8,14,16,22,26,34,37,56H,3-6,9-13,15,17-20H2,1-2H3/t22-,26?,39+,40+/m1/s1. The van der Waals surface area contributed by atoms with Crippen molar-refractivity contribution >= 4 is 49.6 Å². The van der Waals surface area contributed by atoms with E-state index in [4.69, 9.17) is 24.2 Å². The number of aliphatic hydroxyl groups is 1. The summed E-state index contributed by atoms with van der Waals surface area (Å²) in [5, 5.41) is 20.8. The second-order valence-corrected chi connectivity index (χ2v) is 16.6. The lowest BCUT2D eigenvalue weighted by Gasteiger charge is -2.31. The molecule has 0 bridgehead atoms. The minimum atomic E-state index is -3.27. The molecular weight excluding hydrogens is 784 g/mol. The highest BCUT2D eigenvalue weighted by atomic mass is 19.3. The number of aromatic nitrogens is 7. The minimum Gasteiger partial charge on any atom is -0.461 e. The Morgan fingerprint density at radius 3 is 2.68 bits per heavy atom. The molecule has 4 aliphatic rings. The molecule has 0 aliphatic carbocycles. The van der Waals surface area contributed by atoms with Crippen LogP contribution in [-0.2, 0) is 16.5 Å². The van der Waals surface area contributed by atoms with Crippen LogP contribution in [0.25, 0.3) is 55.0 Å². The number of aryl methyl sites for hydroxylation is 1. The van der Waals surface area contributed by atoms with Gasteiger partial charge in [0.15, 0.2) is 11.9 Å². The second-order valence-electron chi connectivity index (χ2n) is 16.6. The predicted molar refractivity (Wildman–Crippen MR) is 205 cm³/mol. The fourth-order valence-electron chi connectivity index (χ4n) is 9.99. The number of halogens is 6. The summed E-state index contributed by atoms with van der Waals surface area (Å²) in [7, 11) is 1.59. The molecule has 314 valence electrons. The van der Waals surface area contributed by atoms with Crippen molar-refractivity contribution in [2.75, 3.05) is 57.5 Å². The summed E-state index contributed by atoms with van der Waals surface area (Å²) in [4.78, 5) is 13.4. The number of ether oxygens (including phenoxy) is 3. The lowest BCUT2D eigenvalue weighted by Crippen LogP contribution is -2.44. The molecule has 1 N–H and O–H groups in total. The molecule has 0 spiro atoms. The van der Waals surface area contributed by atoms with Crippen molar-refractivity contribution < 1.29 is 45.7 Å². The van der Waals surface area contributed by atoms with Gasteiger partial charge in [-0.2, -0.15) is 28.9 Å². The van der Waals surface area contributed by atoms with Crippen LogP contribution in [0, 0.1) is 5.82 Å². The lowest BCUT2D eigenvalue weighted by molar-refractivity contribution is -0.0366. The molecule has 13 nitrogen and oxygen atoms in total. The first-order valence-corrected chi connectivity index (χ1v) is 20.0. The van der Waals surface area contributed by atoms with E-state index in [1.807, 2.05) is 0 Å². The Hall–Kier alpha value is -4.72. The van der Waals surface area contributed by atoms with Gasteiger partial charge in [-0.05, 0) is 63.1 Å². The fourth-order valence-corrected chi connectivity index (χ4v) is 9.99. The second kappa shape index (κ2) is 14.2. The van der Waals surface area contributed by atoms with Crippen molar-refractivity contribution in [3.05, 3.63) is 35.8 Å². The van der Waals surface area contributed by atoms with Gasteiger partial charge >= 0.3 is 12.6 Å². The molecule has 4 aliphatic heterocycles. The van der Waals surface area contributed by atoms with Gasteiger partial charge in [-0.25, -0.2) is 26.9 Å². The van der Waals surface area contributed by atoms with Crippen LogP contribution in [0.15, 0.2) is 24.4 Å². The summed E-state index contributed by atoms with van der Waals surface area (Å²) < 4.78 is 113. The van der Waals surface area contributed by atoms with Gasteiger partial charge < -0.3 is 28.8 Å². The topological polar surface area (TPSA) is 121 Å². The van der Waals surface area contributed by atoms with E-state index in [-0.39, 0.29) is 94.2 Å². The van der Waals surface area contributed by atoms with Crippen LogP contribution in [0.5, 0.6) is 6.01 Å². The average molecular weight is 828 g/mol. The van der Waals surface area contributed by atoms with Gasteiger partial charge in [0.05, 0.1) is 53.5 Å². The highest BCUT2D eigenvalue weighted by molar-refractivity contribution is 6.20. The zero-order chi connectivity index (χ0) is 41.0. The maximum absolute atomic E-state index is 15.6. The Kier molecular flexibility index (Phi) is 9.26. The molecule has 6 aromatic rings. The van der Waals surface area contributed by atoms with Crippen molar-refractivity contribution in [1.29, 1.82) is 0 Å². The summed E-state index contributed by atoms with van der Waals surface area (Å²) in [6.45, 7) is 0.353. The summed E-state index contributed by atoms with van der Waals surface area (Å²) in [6, 6.07) is 3.88. The van der Waals surface area contributed by atoms with Crippen molar-refractivity contribution in [2.24, 2.45) is 7.05 Å². The Labute approximate surface area is 333 Å². The molecule has 2 aromatic carbocycles. The van der Waals surface area contributed by atoms with Gasteiger partial charge in [0.25, 0.3) is 6.43 Å². The molecule has 4 atom stereocenters. The van der Waals surface area contributed by atoms with Crippen LogP contribution >= 0.6 is 0 Å². The summed E-state index contributed by atoms with van der Waals surface area (Å²) in [5.41, 5.74) is -2.37. The number of fused-ring (bicyclic) bond motifs is 6. The third kappa shape index (κ3) is 6.20. The predicted octanol–water partition coefficient (Wildman–Crippen LogP) is 7.20. The van der Waals surface area contributed by atoms with Gasteiger partial charge in [0.1, 0.15) is 41.2 Å². The molecule has 1 unspecified atom stereocenters. The molecule has 4 saturated heterocycles. The summed E-state index contributed by atoms with van der Waals surface area (Å²) in [5.74, 6) is -1.01. The number of alkyl halides is 5. The van der Waals surface area contributed by atoms with Gasteiger partial charge in [-0.3, -0.25) is 4.90 Å². The molecule has 59 heavy (non-hydrogen) atoms. The number of anilines is 1. The van der Waals surface area contributed by atoms with Crippen molar-refractivity contribution in [1.82, 2.24) is 39.0 Å². The Balaban J connectivity index is 1.25. The van der Waals surface area contributed by atoms with Crippen molar-refractivity contribution in [3.8, 4) is 17.3 Å². The van der Waals surface area contributed by atoms with E-state index in [1.54, 1.807) is 29.6 Å². The number of rotatable bonds is 8. The third-order valence-electron chi connectivity index (χ3n) is 12.5. The Morgan fingerprint density at radius 1 is 1.05 bits per heavy atom. The Morgan fingerprint density at radius 2 is 1.90 bits per heavy atom. The molecule has 0 radical (unpaired) electrons. The molecule has 10 rings (SSSR count). The van der Waals surface area contributed by atoms with Crippen molar-refractivity contribution in [2.45, 2.75) is 82.0 Å². The average Bonchev–Trinajstić information content (AvgIpc) is 3.99. The third-order valence-corrected chi connectivity index (χ3v) is 12.5. The van der Waals surface area contributed by atoms with Gasteiger partial charge in [-0.1, -0.05) is 6.07 Å². The summed E-state index contributed by atoms with van der Waals surface area (Å²) in [6.07, 6.45) is 0.959. The fraction of sp³-hybridized carbons (Fsp3) is 0.550. The summed E-state index contributed by atoms with van der Waals surface area (Å²) >= 11 is 0. The largest absolute Gasteiger partial charge is 0.461 e. The van der Waals surface area contributed by atoms with Crippen LogP contribution < -0.4 is 9.64 Å². The SMILES string of the molecule is Cn1c2nc(OC[C@@]34CCCN3C[C@H](F)C4)nc(N3CCOC[C@@](C)(O)C3)c2c2c1c(-c1c3cnn(C4CCCCO4)c3cc3ccc(F)c(C(F)F)c13)nn2C(F)F. The van der Waals surface area contributed by atoms with E-state index in [0.29, 0.717) is 36.2 Å². The van der Waals surface area contributed by atoms with E-state index in [1.165, 1.54) is 16.8 Å². The minimum absolute atomic E-state index is 0.00471. The molecule has 0 saturated carbocycles. The zero-order valence-electron chi connectivity index (χ0n) is 32.5. The normalized spacial score (nSPS) is 25.8. The number of benzene rings is 2. The van der Waals surface area contributed by atoms with E-state index < -0.39 is 47.9 Å². The monoisotopic (exact) mass is 827 g/mol. The molecule has 8 heterocycles. The highest BCUT2D eigenvalue weighted by Gasteiger charge is 2.49. The number of hydrogen-bond acceptors (Lipinski definition) is 10. The number of hydrogen-bond donors (Lipinski definition) is 1. The first kappa shape index (κ1) is 38.5. The van der Waals surface area contributed by atoms with Crippen LogP contribution in [-0.4, -0.2) is 114 Å². The first-order valence-electron chi connectivity index (χ1n) is 20.0. The maximum Gasteiger partial charge on any atom is 0.333 e. The molecule has 4 aromatic heterocycles. The zero-order valence-corrected chi connectivity index (χ0v) is 32.5. The first-order chi connectivity index (χ1) is 28.3. The molecule has 4 fully saturated rings.